The topological polar surface area (TPSA) is 54.9 Å². The van der Waals surface area contributed by atoms with Crippen molar-refractivity contribution in [1.29, 1.82) is 0 Å². The molecule has 1 N–H and O–H groups in total. The lowest BCUT2D eigenvalue weighted by atomic mass is 10.1. The SMILES string of the molecule is Cc1ccc(-c2nnc(NC(=O)CCl)s2)c(F)c1. The van der Waals surface area contributed by atoms with Gasteiger partial charge in [0.2, 0.25) is 11.0 Å². The average Bonchev–Trinajstić information content (AvgIpc) is 2.77. The van der Waals surface area contributed by atoms with Crippen LogP contribution in [-0.2, 0) is 4.79 Å². The molecule has 2 aromatic rings. The second kappa shape index (κ2) is 5.41. The van der Waals surface area contributed by atoms with Gasteiger partial charge in [0.05, 0.1) is 0 Å². The van der Waals surface area contributed by atoms with Gasteiger partial charge in [-0.3, -0.25) is 10.1 Å². The van der Waals surface area contributed by atoms with Crippen LogP contribution >= 0.6 is 22.9 Å². The number of aromatic nitrogens is 2. The Morgan fingerprint density at radius 2 is 2.28 bits per heavy atom. The first-order valence-corrected chi connectivity index (χ1v) is 6.41. The number of halogens is 2. The van der Waals surface area contributed by atoms with E-state index in [0.717, 1.165) is 16.9 Å². The number of nitrogens with one attached hydrogen (secondary N) is 1. The summed E-state index contributed by atoms with van der Waals surface area (Å²) >= 11 is 6.45. The first-order chi connectivity index (χ1) is 8.60. The van der Waals surface area contributed by atoms with E-state index in [1.807, 2.05) is 0 Å². The van der Waals surface area contributed by atoms with E-state index >= 15 is 0 Å². The van der Waals surface area contributed by atoms with Gasteiger partial charge in [0.1, 0.15) is 11.7 Å². The monoisotopic (exact) mass is 285 g/mol. The maximum Gasteiger partial charge on any atom is 0.241 e. The number of hydrogen-bond acceptors (Lipinski definition) is 4. The Morgan fingerprint density at radius 1 is 1.50 bits per heavy atom. The Hall–Kier alpha value is -1.53. The predicted octanol–water partition coefficient (Wildman–Crippen LogP) is 2.83. The smallest absolute Gasteiger partial charge is 0.241 e. The number of carbonyl (C=O) groups excluding carboxylic acids is 1. The summed E-state index contributed by atoms with van der Waals surface area (Å²) in [5.41, 5.74) is 1.20. The zero-order valence-electron chi connectivity index (χ0n) is 9.41. The van der Waals surface area contributed by atoms with Crippen molar-refractivity contribution < 1.29 is 9.18 Å². The largest absolute Gasteiger partial charge is 0.299 e. The summed E-state index contributed by atoms with van der Waals surface area (Å²) in [5, 5.41) is 10.8. The molecule has 0 aliphatic carbocycles. The van der Waals surface area contributed by atoms with Gasteiger partial charge in [-0.2, -0.15) is 0 Å². The molecule has 7 heteroatoms. The van der Waals surface area contributed by atoms with Gasteiger partial charge in [-0.15, -0.1) is 21.8 Å². The lowest BCUT2D eigenvalue weighted by molar-refractivity contribution is -0.113. The molecule has 1 amide bonds. The van der Waals surface area contributed by atoms with E-state index in [2.05, 4.69) is 15.5 Å². The normalized spacial score (nSPS) is 10.4. The highest BCUT2D eigenvalue weighted by Crippen LogP contribution is 2.28. The van der Waals surface area contributed by atoms with Crippen molar-refractivity contribution in [2.75, 3.05) is 11.2 Å². The van der Waals surface area contributed by atoms with Crippen LogP contribution in [0.1, 0.15) is 5.56 Å². The quantitative estimate of drug-likeness (QED) is 0.882. The summed E-state index contributed by atoms with van der Waals surface area (Å²) in [7, 11) is 0. The molecule has 0 fully saturated rings. The molecule has 0 saturated heterocycles. The van der Waals surface area contributed by atoms with Crippen LogP contribution in [0.2, 0.25) is 0 Å². The number of anilines is 1. The molecule has 18 heavy (non-hydrogen) atoms. The molecule has 0 spiro atoms. The molecule has 1 aromatic carbocycles. The summed E-state index contributed by atoms with van der Waals surface area (Å²) in [4.78, 5) is 11.1. The van der Waals surface area contributed by atoms with Crippen LogP contribution in [0.3, 0.4) is 0 Å². The van der Waals surface area contributed by atoms with E-state index in [-0.39, 0.29) is 17.6 Å². The van der Waals surface area contributed by atoms with Crippen molar-refractivity contribution in [3.05, 3.63) is 29.6 Å². The van der Waals surface area contributed by atoms with E-state index in [1.165, 1.54) is 6.07 Å². The highest BCUT2D eigenvalue weighted by Gasteiger charge is 2.12. The van der Waals surface area contributed by atoms with Gasteiger partial charge in [-0.25, -0.2) is 4.39 Å². The summed E-state index contributed by atoms with van der Waals surface area (Å²) in [6, 6.07) is 4.85. The average molecular weight is 286 g/mol. The Labute approximate surface area is 112 Å². The lowest BCUT2D eigenvalue weighted by Gasteiger charge is -1.99. The minimum atomic E-state index is -0.372. The zero-order valence-corrected chi connectivity index (χ0v) is 11.0. The molecule has 1 heterocycles. The predicted molar refractivity (Wildman–Crippen MR) is 69.4 cm³/mol. The second-order valence-electron chi connectivity index (χ2n) is 3.58. The molecule has 0 aliphatic rings. The van der Waals surface area contributed by atoms with Gasteiger partial charge in [0, 0.05) is 5.56 Å². The fourth-order valence-electron chi connectivity index (χ4n) is 1.33. The van der Waals surface area contributed by atoms with Crippen molar-refractivity contribution in [2.45, 2.75) is 6.92 Å². The van der Waals surface area contributed by atoms with Crippen LogP contribution in [-0.4, -0.2) is 22.0 Å². The maximum atomic E-state index is 13.7. The maximum absolute atomic E-state index is 13.7. The number of rotatable bonds is 3. The zero-order chi connectivity index (χ0) is 13.1. The van der Waals surface area contributed by atoms with Crippen LogP contribution < -0.4 is 5.32 Å². The van der Waals surface area contributed by atoms with Gasteiger partial charge < -0.3 is 0 Å². The number of amides is 1. The number of carbonyl (C=O) groups is 1. The molecule has 4 nitrogen and oxygen atoms in total. The summed E-state index contributed by atoms with van der Waals surface area (Å²) < 4.78 is 13.7. The fourth-order valence-corrected chi connectivity index (χ4v) is 2.18. The van der Waals surface area contributed by atoms with E-state index in [9.17, 15) is 9.18 Å². The van der Waals surface area contributed by atoms with Gasteiger partial charge in [0.15, 0.2) is 5.01 Å². The van der Waals surface area contributed by atoms with Crippen molar-refractivity contribution in [1.82, 2.24) is 10.2 Å². The van der Waals surface area contributed by atoms with E-state index in [4.69, 9.17) is 11.6 Å². The van der Waals surface area contributed by atoms with Crippen molar-refractivity contribution >= 4 is 34.0 Å². The molecule has 0 atom stereocenters. The number of nitrogens with zero attached hydrogens (tertiary/aromatic N) is 2. The molecule has 0 saturated carbocycles. The lowest BCUT2D eigenvalue weighted by Crippen LogP contribution is -2.12. The van der Waals surface area contributed by atoms with Crippen molar-refractivity contribution in [2.24, 2.45) is 0 Å². The van der Waals surface area contributed by atoms with Crippen molar-refractivity contribution in [3.8, 4) is 10.6 Å². The molecule has 0 aliphatic heterocycles. The van der Waals surface area contributed by atoms with E-state index in [0.29, 0.717) is 15.7 Å². The molecule has 0 unspecified atom stereocenters. The third kappa shape index (κ3) is 2.83. The Balaban J connectivity index is 2.26. The number of alkyl halides is 1. The molecule has 0 bridgehead atoms. The van der Waals surface area contributed by atoms with Gasteiger partial charge in [-0.1, -0.05) is 17.4 Å². The molecule has 94 valence electrons. The molecular weight excluding hydrogens is 277 g/mol. The van der Waals surface area contributed by atoms with Crippen molar-refractivity contribution in [3.63, 3.8) is 0 Å². The first kappa shape index (κ1) is 12.9. The van der Waals surface area contributed by atoms with Gasteiger partial charge in [-0.05, 0) is 24.6 Å². The molecule has 2 rings (SSSR count). The highest BCUT2D eigenvalue weighted by atomic mass is 35.5. The van der Waals surface area contributed by atoms with Gasteiger partial charge in [0.25, 0.3) is 0 Å². The minimum absolute atomic E-state index is 0.159. The van der Waals surface area contributed by atoms with E-state index in [1.54, 1.807) is 19.1 Å². The summed E-state index contributed by atoms with van der Waals surface area (Å²) in [6.07, 6.45) is 0. The van der Waals surface area contributed by atoms with Crippen LogP contribution in [0.25, 0.3) is 10.6 Å². The number of aryl methyl sites for hydroxylation is 1. The Bertz CT molecular complexity index is 587. The highest BCUT2D eigenvalue weighted by molar-refractivity contribution is 7.18. The van der Waals surface area contributed by atoms with Crippen LogP contribution in [0.15, 0.2) is 18.2 Å². The first-order valence-electron chi connectivity index (χ1n) is 5.06. The van der Waals surface area contributed by atoms with Crippen LogP contribution in [0.5, 0.6) is 0 Å². The molecule has 0 radical (unpaired) electrons. The molecule has 1 aromatic heterocycles. The standard InChI is InChI=1S/C11H9ClFN3OS/c1-6-2-3-7(8(13)4-6)10-15-16-11(18-10)14-9(17)5-12/h2-4H,5H2,1H3,(H,14,16,17). The fraction of sp³-hybridized carbons (Fsp3) is 0.182. The number of hydrogen-bond donors (Lipinski definition) is 1. The Morgan fingerprint density at radius 3 is 2.94 bits per heavy atom. The molecular formula is C11H9ClFN3OS. The second-order valence-corrected chi connectivity index (χ2v) is 4.82. The summed E-state index contributed by atoms with van der Waals surface area (Å²) in [6.45, 7) is 1.80. The van der Waals surface area contributed by atoms with Crippen LogP contribution in [0, 0.1) is 12.7 Å². The Kier molecular flexibility index (Phi) is 3.88. The third-order valence-electron chi connectivity index (χ3n) is 2.15. The summed E-state index contributed by atoms with van der Waals surface area (Å²) in [5.74, 6) is -0.890. The van der Waals surface area contributed by atoms with E-state index < -0.39 is 0 Å². The third-order valence-corrected chi connectivity index (χ3v) is 3.26. The van der Waals surface area contributed by atoms with Gasteiger partial charge >= 0.3 is 0 Å². The number of benzene rings is 1. The minimum Gasteiger partial charge on any atom is -0.299 e. The van der Waals surface area contributed by atoms with Crippen LogP contribution in [0.4, 0.5) is 9.52 Å².